The minimum absolute atomic E-state index is 0.240. The van der Waals surface area contributed by atoms with Crippen molar-refractivity contribution >= 4 is 45.6 Å². The molecule has 2 aromatic rings. The number of esters is 1. The van der Waals surface area contributed by atoms with E-state index in [0.717, 1.165) is 7.11 Å². The minimum Gasteiger partial charge on any atom is -0.465 e. The maximum atomic E-state index is 13.4. The van der Waals surface area contributed by atoms with Gasteiger partial charge in [0.05, 0.1) is 23.9 Å². The fourth-order valence-corrected chi connectivity index (χ4v) is 3.81. The maximum absolute atomic E-state index is 13.4. The second-order valence-corrected chi connectivity index (χ2v) is 6.54. The van der Waals surface area contributed by atoms with Gasteiger partial charge in [0.1, 0.15) is 5.01 Å². The number of aromatic nitrogens is 1. The molecule has 0 unspecified atom stereocenters. The Kier molecular flexibility index (Phi) is 5.23. The Morgan fingerprint density at radius 2 is 1.84 bits per heavy atom. The first kappa shape index (κ1) is 19.8. The summed E-state index contributed by atoms with van der Waals surface area (Å²) in [6, 6.07) is 0.452. The van der Waals surface area contributed by atoms with E-state index in [1.54, 1.807) is 0 Å². The van der Waals surface area contributed by atoms with Gasteiger partial charge in [-0.15, -0.1) is 11.3 Å². The van der Waals surface area contributed by atoms with Crippen LogP contribution in [0, 0.1) is 3.57 Å². The molecule has 0 aliphatic heterocycles. The number of nitrogens with zero attached hydrogens (tertiary/aromatic N) is 1. The lowest BCUT2D eigenvalue weighted by atomic mass is 10.0. The zero-order valence-electron chi connectivity index (χ0n) is 12.0. The molecule has 0 bridgehead atoms. The van der Waals surface area contributed by atoms with E-state index in [1.807, 2.05) is 0 Å². The predicted molar refractivity (Wildman–Crippen MR) is 86.0 cm³/mol. The van der Waals surface area contributed by atoms with Crippen molar-refractivity contribution in [3.63, 3.8) is 0 Å². The first-order valence-electron chi connectivity index (χ1n) is 6.18. The van der Waals surface area contributed by atoms with Crippen LogP contribution in [0.1, 0.15) is 21.6 Å². The van der Waals surface area contributed by atoms with E-state index in [2.05, 4.69) is 9.72 Å². The Bertz CT molecular complexity index is 831. The van der Waals surface area contributed by atoms with Crippen LogP contribution in [0.3, 0.4) is 0 Å². The highest BCUT2D eigenvalue weighted by Crippen LogP contribution is 2.45. The summed E-state index contributed by atoms with van der Waals surface area (Å²) in [5, 5.41) is 0.0999. The summed E-state index contributed by atoms with van der Waals surface area (Å²) < 4.78 is 82.4. The monoisotopic (exact) mass is 496 g/mol. The van der Waals surface area contributed by atoms with Gasteiger partial charge in [0.25, 0.3) is 0 Å². The normalized spacial score (nSPS) is 12.3. The first-order chi connectivity index (χ1) is 11.4. The number of halogens is 7. The number of methoxy groups -OCH3 is 1. The summed E-state index contributed by atoms with van der Waals surface area (Å²) in [5.41, 5.74) is 1.57. The Labute approximate surface area is 154 Å². The van der Waals surface area contributed by atoms with Crippen molar-refractivity contribution in [2.24, 2.45) is 0 Å². The lowest BCUT2D eigenvalue weighted by Gasteiger charge is -2.17. The molecule has 0 atom stereocenters. The highest BCUT2D eigenvalue weighted by molar-refractivity contribution is 14.1. The molecule has 1 aromatic carbocycles. The number of nitrogens with two attached hydrogens (primary N) is 1. The SMILES string of the molecule is COC(=O)c1cc(C(F)(F)F)c(-c2nc(C(F)(F)F)cs2)c(I)c1N. The van der Waals surface area contributed by atoms with Gasteiger partial charge in [0.15, 0.2) is 5.69 Å². The van der Waals surface area contributed by atoms with Crippen molar-refractivity contribution in [3.05, 3.63) is 31.8 Å². The van der Waals surface area contributed by atoms with Crippen molar-refractivity contribution in [1.82, 2.24) is 4.98 Å². The topological polar surface area (TPSA) is 65.2 Å². The fourth-order valence-electron chi connectivity index (χ4n) is 1.90. The van der Waals surface area contributed by atoms with E-state index < -0.39 is 45.7 Å². The van der Waals surface area contributed by atoms with E-state index in [4.69, 9.17) is 5.73 Å². The smallest absolute Gasteiger partial charge is 0.434 e. The molecule has 0 spiro atoms. The van der Waals surface area contributed by atoms with Gasteiger partial charge in [-0.2, -0.15) is 26.3 Å². The van der Waals surface area contributed by atoms with E-state index in [0.29, 0.717) is 22.8 Å². The Balaban J connectivity index is 2.79. The zero-order chi connectivity index (χ0) is 19.2. The third-order valence-corrected chi connectivity index (χ3v) is 5.00. The van der Waals surface area contributed by atoms with Crippen molar-refractivity contribution in [2.45, 2.75) is 12.4 Å². The average molecular weight is 496 g/mol. The number of hydrogen-bond acceptors (Lipinski definition) is 5. The number of alkyl halides is 6. The number of benzene rings is 1. The summed E-state index contributed by atoms with van der Waals surface area (Å²) in [7, 11) is 0.965. The molecule has 12 heteroatoms. The maximum Gasteiger partial charge on any atom is 0.434 e. The molecule has 0 aliphatic rings. The lowest BCUT2D eigenvalue weighted by molar-refractivity contribution is -0.140. The summed E-state index contributed by atoms with van der Waals surface area (Å²) in [5.74, 6) is -1.09. The number of carbonyl (C=O) groups is 1. The Morgan fingerprint density at radius 3 is 2.28 bits per heavy atom. The highest BCUT2D eigenvalue weighted by atomic mass is 127. The highest BCUT2D eigenvalue weighted by Gasteiger charge is 2.39. The molecular weight excluding hydrogens is 489 g/mol. The molecule has 0 radical (unpaired) electrons. The molecule has 2 N–H and O–H groups in total. The van der Waals surface area contributed by atoms with Gasteiger partial charge in [-0.05, 0) is 28.7 Å². The number of carbonyl (C=O) groups excluding carboxylic acids is 1. The van der Waals surface area contributed by atoms with Gasteiger partial charge in [-0.3, -0.25) is 0 Å². The lowest BCUT2D eigenvalue weighted by Crippen LogP contribution is -2.15. The van der Waals surface area contributed by atoms with Crippen LogP contribution in [0.4, 0.5) is 32.0 Å². The zero-order valence-corrected chi connectivity index (χ0v) is 15.0. The van der Waals surface area contributed by atoms with Gasteiger partial charge >= 0.3 is 18.3 Å². The number of nitrogen functional groups attached to an aromatic ring is 1. The largest absolute Gasteiger partial charge is 0.465 e. The van der Waals surface area contributed by atoms with Gasteiger partial charge in [0.2, 0.25) is 0 Å². The molecule has 1 aromatic heterocycles. The van der Waals surface area contributed by atoms with E-state index >= 15 is 0 Å². The van der Waals surface area contributed by atoms with Gasteiger partial charge in [-0.25, -0.2) is 9.78 Å². The Hall–Kier alpha value is -1.57. The molecule has 0 aliphatic carbocycles. The molecule has 2 rings (SSSR count). The van der Waals surface area contributed by atoms with Crippen LogP contribution in [0.5, 0.6) is 0 Å². The van der Waals surface area contributed by atoms with Crippen molar-refractivity contribution in [3.8, 4) is 10.6 Å². The molecule has 136 valence electrons. The van der Waals surface area contributed by atoms with Crippen LogP contribution in [0.15, 0.2) is 11.4 Å². The average Bonchev–Trinajstić information content (AvgIpc) is 2.97. The second-order valence-electron chi connectivity index (χ2n) is 4.60. The van der Waals surface area contributed by atoms with Crippen LogP contribution in [0.25, 0.3) is 10.6 Å². The summed E-state index contributed by atoms with van der Waals surface area (Å²) >= 11 is 1.83. The first-order valence-corrected chi connectivity index (χ1v) is 8.14. The molecule has 0 amide bonds. The quantitative estimate of drug-likeness (QED) is 0.280. The molecule has 25 heavy (non-hydrogen) atoms. The van der Waals surface area contributed by atoms with Gasteiger partial charge in [-0.1, -0.05) is 0 Å². The number of rotatable bonds is 2. The number of anilines is 1. The van der Waals surface area contributed by atoms with Gasteiger partial charge in [0, 0.05) is 14.5 Å². The predicted octanol–water partition coefficient (Wildman–Crippen LogP) is 4.82. The molecular formula is C13H7F6IN2O2S. The van der Waals surface area contributed by atoms with Crippen LogP contribution >= 0.6 is 33.9 Å². The summed E-state index contributed by atoms with van der Waals surface area (Å²) in [6.45, 7) is 0. The van der Waals surface area contributed by atoms with E-state index in [-0.39, 0.29) is 9.26 Å². The molecule has 0 saturated heterocycles. The summed E-state index contributed by atoms with van der Waals surface area (Å²) in [4.78, 5) is 14.9. The van der Waals surface area contributed by atoms with Crippen LogP contribution in [0.2, 0.25) is 0 Å². The number of hydrogen-bond donors (Lipinski definition) is 1. The third-order valence-electron chi connectivity index (χ3n) is 3.02. The van der Waals surface area contributed by atoms with Crippen molar-refractivity contribution < 1.29 is 35.9 Å². The molecule has 0 saturated carbocycles. The molecule has 4 nitrogen and oxygen atoms in total. The standard InChI is InChI=1S/C13H7F6IN2O2S/c1-24-11(23)4-2-5(12(14,15)16)7(8(20)9(4)21)10-22-6(3-25-10)13(17,18)19/h2-3H,21H2,1H3. The van der Waals surface area contributed by atoms with Crippen LogP contribution in [-0.4, -0.2) is 18.1 Å². The minimum atomic E-state index is -4.95. The van der Waals surface area contributed by atoms with E-state index in [1.165, 1.54) is 22.6 Å². The Morgan fingerprint density at radius 1 is 1.24 bits per heavy atom. The third kappa shape index (κ3) is 3.83. The molecule has 0 fully saturated rings. The molecule has 1 heterocycles. The second kappa shape index (κ2) is 6.63. The van der Waals surface area contributed by atoms with E-state index in [9.17, 15) is 31.1 Å². The van der Waals surface area contributed by atoms with Crippen molar-refractivity contribution in [1.29, 1.82) is 0 Å². The van der Waals surface area contributed by atoms with Gasteiger partial charge < -0.3 is 10.5 Å². The number of ether oxygens (including phenoxy) is 1. The van der Waals surface area contributed by atoms with Crippen LogP contribution in [-0.2, 0) is 17.1 Å². The van der Waals surface area contributed by atoms with Crippen LogP contribution < -0.4 is 5.73 Å². The van der Waals surface area contributed by atoms with Crippen molar-refractivity contribution in [2.75, 3.05) is 12.8 Å². The summed E-state index contributed by atoms with van der Waals surface area (Å²) in [6.07, 6.45) is -9.74. The number of thiazole rings is 1. The fraction of sp³-hybridized carbons (Fsp3) is 0.231.